The molecule has 2 aromatic carbocycles. The van der Waals surface area contributed by atoms with Crippen LogP contribution in [0.3, 0.4) is 0 Å². The summed E-state index contributed by atoms with van der Waals surface area (Å²) in [5.74, 6) is 2.67. The molecule has 1 amide bonds. The van der Waals surface area contributed by atoms with Crippen LogP contribution in [0.15, 0.2) is 65.2 Å². The number of carbonyl (C=O) groups is 1. The molecule has 2 N–H and O–H groups in total. The molecule has 0 saturated heterocycles. The number of hydrogen-bond donors (Lipinski definition) is 2. The minimum Gasteiger partial charge on any atom is -0.495 e. The van der Waals surface area contributed by atoms with Gasteiger partial charge in [0.1, 0.15) is 11.8 Å². The van der Waals surface area contributed by atoms with E-state index >= 15 is 0 Å². The number of benzene rings is 2. The lowest BCUT2D eigenvalue weighted by atomic mass is 9.94. The van der Waals surface area contributed by atoms with E-state index in [1.807, 2.05) is 48.7 Å². The van der Waals surface area contributed by atoms with Crippen molar-refractivity contribution in [2.24, 2.45) is 0 Å². The third kappa shape index (κ3) is 4.41. The smallest absolute Gasteiger partial charge is 0.255 e. The number of hydrogen-bond acceptors (Lipinski definition) is 9. The molecular weight excluding hydrogens is 506 g/mol. The molecule has 196 valence electrons. The first kappa shape index (κ1) is 25.2. The van der Waals surface area contributed by atoms with Crippen LogP contribution in [0.4, 0.5) is 11.6 Å². The topological polar surface area (TPSA) is 109 Å². The van der Waals surface area contributed by atoms with E-state index in [2.05, 4.69) is 10.6 Å². The van der Waals surface area contributed by atoms with Gasteiger partial charge in [0, 0.05) is 5.70 Å². The average Bonchev–Trinajstić information content (AvgIpc) is 3.62. The second-order valence-corrected chi connectivity index (χ2v) is 9.31. The van der Waals surface area contributed by atoms with Gasteiger partial charge >= 0.3 is 0 Å². The molecule has 11 heteroatoms. The largest absolute Gasteiger partial charge is 0.495 e. The predicted molar refractivity (Wildman–Crippen MR) is 146 cm³/mol. The maximum absolute atomic E-state index is 13.9. The van der Waals surface area contributed by atoms with Crippen LogP contribution in [0, 0.1) is 0 Å². The Hall–Kier alpha value is -4.51. The van der Waals surface area contributed by atoms with Crippen LogP contribution in [0.25, 0.3) is 10.7 Å². The zero-order chi connectivity index (χ0) is 26.8. The molecule has 0 saturated carbocycles. The monoisotopic (exact) mass is 533 g/mol. The van der Waals surface area contributed by atoms with E-state index < -0.39 is 6.04 Å². The Labute approximate surface area is 223 Å². The van der Waals surface area contributed by atoms with Gasteiger partial charge < -0.3 is 29.6 Å². The number of para-hydroxylation sites is 2. The Morgan fingerprint density at radius 2 is 1.68 bits per heavy atom. The van der Waals surface area contributed by atoms with Crippen molar-refractivity contribution in [2.45, 2.75) is 13.0 Å². The summed E-state index contributed by atoms with van der Waals surface area (Å²) in [6, 6.07) is 14.1. The van der Waals surface area contributed by atoms with Crippen molar-refractivity contribution in [2.75, 3.05) is 39.1 Å². The minimum atomic E-state index is -0.657. The zero-order valence-electron chi connectivity index (χ0n) is 21.6. The van der Waals surface area contributed by atoms with Gasteiger partial charge in [0.05, 0.1) is 44.6 Å². The molecule has 0 radical (unpaired) electrons. The van der Waals surface area contributed by atoms with Gasteiger partial charge in [-0.05, 0) is 48.2 Å². The number of nitrogens with one attached hydrogen (secondary N) is 2. The standard InChI is InChI=1S/C27H27N5O5S/c1-15-22(26(33)29-17-9-6-7-10-18(17)34-2)23(16-13-19(35-3)24(37-5)20(14-16)36-4)32-27(28-15)30-25(31-32)21-11-8-12-38-21/h6-14,23H,1-5H3,(H,29,33)(H,28,30,31). The van der Waals surface area contributed by atoms with Crippen molar-refractivity contribution < 1.29 is 23.7 Å². The van der Waals surface area contributed by atoms with Crippen LogP contribution in [0.1, 0.15) is 18.5 Å². The molecule has 10 nitrogen and oxygen atoms in total. The van der Waals surface area contributed by atoms with E-state index in [0.29, 0.717) is 57.3 Å². The highest BCUT2D eigenvalue weighted by atomic mass is 32.1. The third-order valence-electron chi connectivity index (χ3n) is 6.20. The molecular formula is C27H27N5O5S. The van der Waals surface area contributed by atoms with E-state index in [9.17, 15) is 4.79 Å². The summed E-state index contributed by atoms with van der Waals surface area (Å²) in [5.41, 5.74) is 2.33. The van der Waals surface area contributed by atoms with Gasteiger partial charge in [-0.1, -0.05) is 18.2 Å². The molecule has 1 unspecified atom stereocenters. The number of ether oxygens (including phenoxy) is 4. The highest BCUT2D eigenvalue weighted by molar-refractivity contribution is 7.13. The summed E-state index contributed by atoms with van der Waals surface area (Å²) in [7, 11) is 6.21. The van der Waals surface area contributed by atoms with Gasteiger partial charge in [0.25, 0.3) is 5.91 Å². The quantitative estimate of drug-likeness (QED) is 0.327. The summed E-state index contributed by atoms with van der Waals surface area (Å²) in [6.45, 7) is 1.84. The molecule has 38 heavy (non-hydrogen) atoms. The highest BCUT2D eigenvalue weighted by Gasteiger charge is 2.36. The van der Waals surface area contributed by atoms with Crippen LogP contribution >= 0.6 is 11.3 Å². The highest BCUT2D eigenvalue weighted by Crippen LogP contribution is 2.44. The number of fused-ring (bicyclic) bond motifs is 1. The summed E-state index contributed by atoms with van der Waals surface area (Å²) >= 11 is 1.54. The molecule has 0 fully saturated rings. The predicted octanol–water partition coefficient (Wildman–Crippen LogP) is 4.97. The average molecular weight is 534 g/mol. The number of aromatic nitrogens is 3. The maximum atomic E-state index is 13.9. The lowest BCUT2D eigenvalue weighted by Crippen LogP contribution is -2.31. The number of anilines is 2. The SMILES string of the molecule is COc1ccccc1NC(=O)C1=C(C)Nc2nc(-c3cccs3)nn2C1c1cc(OC)c(OC)c(OC)c1. The van der Waals surface area contributed by atoms with E-state index in [0.717, 1.165) is 4.88 Å². The van der Waals surface area contributed by atoms with Gasteiger partial charge in [-0.25, -0.2) is 4.68 Å². The molecule has 2 aromatic heterocycles. The van der Waals surface area contributed by atoms with Gasteiger partial charge in [-0.3, -0.25) is 4.79 Å². The zero-order valence-corrected chi connectivity index (χ0v) is 22.4. The van der Waals surface area contributed by atoms with Crippen molar-refractivity contribution in [1.82, 2.24) is 14.8 Å². The van der Waals surface area contributed by atoms with E-state index in [1.165, 1.54) is 11.3 Å². The normalized spacial score (nSPS) is 14.4. The Bertz CT molecular complexity index is 1490. The fourth-order valence-corrected chi connectivity index (χ4v) is 5.11. The van der Waals surface area contributed by atoms with E-state index in [1.54, 1.807) is 45.3 Å². The first-order valence-electron chi connectivity index (χ1n) is 11.7. The Kier molecular flexibility index (Phi) is 6.93. The molecule has 0 aliphatic carbocycles. The number of amides is 1. The minimum absolute atomic E-state index is 0.322. The number of allylic oxidation sites excluding steroid dienone is 1. The molecule has 1 atom stereocenters. The molecule has 1 aliphatic heterocycles. The number of thiophene rings is 1. The number of nitrogens with zero attached hydrogens (tertiary/aromatic N) is 3. The van der Waals surface area contributed by atoms with Crippen molar-refractivity contribution in [3.05, 3.63) is 70.7 Å². The van der Waals surface area contributed by atoms with Crippen LogP contribution in [-0.2, 0) is 4.79 Å². The fourth-order valence-electron chi connectivity index (χ4n) is 4.46. The van der Waals surface area contributed by atoms with Gasteiger partial charge in [0.15, 0.2) is 17.3 Å². The first-order valence-corrected chi connectivity index (χ1v) is 12.6. The molecule has 3 heterocycles. The Balaban J connectivity index is 1.67. The summed E-state index contributed by atoms with van der Waals surface area (Å²) in [4.78, 5) is 19.5. The van der Waals surface area contributed by atoms with E-state index in [-0.39, 0.29) is 5.91 Å². The number of carbonyl (C=O) groups excluding carboxylic acids is 1. The van der Waals surface area contributed by atoms with Crippen LogP contribution < -0.4 is 29.6 Å². The van der Waals surface area contributed by atoms with Crippen LogP contribution in [0.5, 0.6) is 23.0 Å². The second kappa shape index (κ2) is 10.5. The fraction of sp³-hybridized carbons (Fsp3) is 0.222. The number of methoxy groups -OCH3 is 4. The molecule has 0 spiro atoms. The molecule has 1 aliphatic rings. The Morgan fingerprint density at radius 3 is 2.32 bits per heavy atom. The first-order chi connectivity index (χ1) is 18.5. The van der Waals surface area contributed by atoms with Crippen molar-refractivity contribution in [1.29, 1.82) is 0 Å². The van der Waals surface area contributed by atoms with Crippen molar-refractivity contribution in [3.63, 3.8) is 0 Å². The van der Waals surface area contributed by atoms with Crippen molar-refractivity contribution >= 4 is 28.9 Å². The van der Waals surface area contributed by atoms with Gasteiger partial charge in [0.2, 0.25) is 11.7 Å². The summed E-state index contributed by atoms with van der Waals surface area (Å²) in [5, 5.41) is 13.0. The molecule has 4 aromatic rings. The Morgan fingerprint density at radius 1 is 0.974 bits per heavy atom. The van der Waals surface area contributed by atoms with Crippen molar-refractivity contribution in [3.8, 4) is 33.7 Å². The lowest BCUT2D eigenvalue weighted by Gasteiger charge is -2.29. The van der Waals surface area contributed by atoms with Crippen LogP contribution in [0.2, 0.25) is 0 Å². The van der Waals surface area contributed by atoms with Crippen LogP contribution in [-0.4, -0.2) is 49.1 Å². The summed E-state index contributed by atoms with van der Waals surface area (Å²) in [6.07, 6.45) is 0. The molecule has 5 rings (SSSR count). The lowest BCUT2D eigenvalue weighted by molar-refractivity contribution is -0.113. The van der Waals surface area contributed by atoms with Gasteiger partial charge in [-0.15, -0.1) is 16.4 Å². The second-order valence-electron chi connectivity index (χ2n) is 8.36. The number of rotatable bonds is 8. The summed E-state index contributed by atoms with van der Waals surface area (Å²) < 4.78 is 23.9. The molecule has 0 bridgehead atoms. The van der Waals surface area contributed by atoms with Gasteiger partial charge in [-0.2, -0.15) is 4.98 Å². The van der Waals surface area contributed by atoms with E-state index in [4.69, 9.17) is 29.0 Å². The maximum Gasteiger partial charge on any atom is 0.255 e. The third-order valence-corrected chi connectivity index (χ3v) is 7.06.